The fourth-order valence-electron chi connectivity index (χ4n) is 2.25. The van der Waals surface area contributed by atoms with E-state index in [-0.39, 0.29) is 5.84 Å². The lowest BCUT2D eigenvalue weighted by molar-refractivity contribution is 0.125. The zero-order valence-corrected chi connectivity index (χ0v) is 10.7. The summed E-state index contributed by atoms with van der Waals surface area (Å²) in [5, 5.41) is 7.46. The number of pyridine rings is 1. The Labute approximate surface area is 107 Å². The molecule has 1 aromatic rings. The molecule has 0 amide bonds. The van der Waals surface area contributed by atoms with E-state index in [1.165, 1.54) is 12.8 Å². The Hall–Kier alpha value is -1.62. The smallest absolute Gasteiger partial charge is 0.148 e. The van der Waals surface area contributed by atoms with E-state index < -0.39 is 0 Å². The summed E-state index contributed by atoms with van der Waals surface area (Å²) in [4.78, 5) is 6.40. The van der Waals surface area contributed by atoms with Crippen LogP contribution in [0.2, 0.25) is 0 Å². The molecule has 1 saturated heterocycles. The molecule has 2 heterocycles. The van der Waals surface area contributed by atoms with Crippen molar-refractivity contribution in [1.82, 2.24) is 9.88 Å². The molecule has 0 aliphatic carbocycles. The third-order valence-electron chi connectivity index (χ3n) is 3.38. The Morgan fingerprint density at radius 3 is 3.17 bits per heavy atom. The van der Waals surface area contributed by atoms with Crippen molar-refractivity contribution < 1.29 is 4.74 Å². The van der Waals surface area contributed by atoms with Crippen molar-refractivity contribution in [1.29, 1.82) is 5.41 Å². The molecule has 1 unspecified atom stereocenters. The number of rotatable bonds is 4. The van der Waals surface area contributed by atoms with E-state index in [1.54, 1.807) is 12.3 Å². The molecule has 18 heavy (non-hydrogen) atoms. The number of likely N-dealkylation sites (N-methyl/N-ethyl adjacent to an activating group) is 1. The Morgan fingerprint density at radius 1 is 1.61 bits per heavy atom. The van der Waals surface area contributed by atoms with Crippen molar-refractivity contribution in [2.75, 3.05) is 20.2 Å². The topological polar surface area (TPSA) is 75.2 Å². The van der Waals surface area contributed by atoms with E-state index in [0.717, 1.165) is 13.0 Å². The third kappa shape index (κ3) is 2.98. The Bertz CT molecular complexity index is 421. The van der Waals surface area contributed by atoms with Crippen molar-refractivity contribution in [2.45, 2.75) is 25.3 Å². The Morgan fingerprint density at radius 2 is 2.44 bits per heavy atom. The van der Waals surface area contributed by atoms with Crippen molar-refractivity contribution in [3.8, 4) is 5.75 Å². The van der Waals surface area contributed by atoms with Crippen LogP contribution >= 0.6 is 0 Å². The first-order valence-electron chi connectivity index (χ1n) is 6.31. The molecule has 0 bridgehead atoms. The highest BCUT2D eigenvalue weighted by atomic mass is 16.5. The molecule has 0 spiro atoms. The lowest BCUT2D eigenvalue weighted by Gasteiger charge is -2.32. The summed E-state index contributed by atoms with van der Waals surface area (Å²) in [5.41, 5.74) is 5.91. The van der Waals surface area contributed by atoms with Gasteiger partial charge in [-0.3, -0.25) is 5.41 Å². The zero-order valence-electron chi connectivity index (χ0n) is 10.7. The predicted octanol–water partition coefficient (Wildman–Crippen LogP) is 1.23. The normalized spacial score (nSPS) is 20.6. The van der Waals surface area contributed by atoms with Crippen LogP contribution in [-0.2, 0) is 0 Å². The number of nitrogens with zero attached hydrogens (tertiary/aromatic N) is 2. The van der Waals surface area contributed by atoms with Crippen LogP contribution in [0.25, 0.3) is 0 Å². The quantitative estimate of drug-likeness (QED) is 0.620. The van der Waals surface area contributed by atoms with Crippen LogP contribution in [0.5, 0.6) is 5.75 Å². The SMILES string of the molecule is CN1CCCCC1COc1cccnc1C(=N)N. The predicted molar refractivity (Wildman–Crippen MR) is 71.0 cm³/mol. The van der Waals surface area contributed by atoms with Crippen LogP contribution in [0.4, 0.5) is 0 Å². The summed E-state index contributed by atoms with van der Waals surface area (Å²) in [6.45, 7) is 1.75. The van der Waals surface area contributed by atoms with E-state index in [9.17, 15) is 0 Å². The van der Waals surface area contributed by atoms with Crippen LogP contribution in [-0.4, -0.2) is 42.0 Å². The molecular weight excluding hydrogens is 228 g/mol. The first kappa shape index (κ1) is 12.8. The molecule has 2 rings (SSSR count). The number of amidine groups is 1. The van der Waals surface area contributed by atoms with Crippen molar-refractivity contribution in [3.05, 3.63) is 24.0 Å². The number of nitrogen functional groups attached to an aromatic ring is 1. The van der Waals surface area contributed by atoms with Gasteiger partial charge in [0.2, 0.25) is 0 Å². The number of nitrogens with one attached hydrogen (secondary N) is 1. The van der Waals surface area contributed by atoms with E-state index in [0.29, 0.717) is 24.1 Å². The number of hydrogen-bond donors (Lipinski definition) is 2. The van der Waals surface area contributed by atoms with Gasteiger partial charge >= 0.3 is 0 Å². The molecule has 5 heteroatoms. The molecule has 1 aliphatic heterocycles. The van der Waals surface area contributed by atoms with Gasteiger partial charge in [-0.1, -0.05) is 6.42 Å². The van der Waals surface area contributed by atoms with Crippen LogP contribution in [0.15, 0.2) is 18.3 Å². The molecule has 0 saturated carbocycles. The summed E-state index contributed by atoms with van der Waals surface area (Å²) in [5.74, 6) is 0.548. The fraction of sp³-hybridized carbons (Fsp3) is 0.538. The summed E-state index contributed by atoms with van der Waals surface area (Å²) in [6, 6.07) is 4.05. The van der Waals surface area contributed by atoms with Crippen molar-refractivity contribution in [2.24, 2.45) is 5.73 Å². The van der Waals surface area contributed by atoms with Gasteiger partial charge in [0.1, 0.15) is 23.9 Å². The molecule has 1 fully saturated rings. The van der Waals surface area contributed by atoms with Gasteiger partial charge < -0.3 is 15.4 Å². The maximum absolute atomic E-state index is 7.46. The summed E-state index contributed by atoms with van der Waals surface area (Å²) >= 11 is 0. The highest BCUT2D eigenvalue weighted by Gasteiger charge is 2.20. The second-order valence-corrected chi connectivity index (χ2v) is 4.71. The molecular formula is C13H20N4O. The van der Waals surface area contributed by atoms with Gasteiger partial charge in [-0.25, -0.2) is 4.98 Å². The second-order valence-electron chi connectivity index (χ2n) is 4.71. The molecule has 1 aliphatic rings. The number of aromatic nitrogens is 1. The first-order chi connectivity index (χ1) is 8.68. The lowest BCUT2D eigenvalue weighted by Crippen LogP contribution is -2.40. The monoisotopic (exact) mass is 248 g/mol. The van der Waals surface area contributed by atoms with Crippen LogP contribution in [0.1, 0.15) is 25.0 Å². The van der Waals surface area contributed by atoms with Gasteiger partial charge in [-0.05, 0) is 38.6 Å². The molecule has 5 nitrogen and oxygen atoms in total. The standard InChI is InChI=1S/C13H20N4O/c1-17-8-3-2-5-10(17)9-18-11-6-4-7-16-12(11)13(14)15/h4,6-7,10H,2-3,5,8-9H2,1H3,(H3,14,15). The minimum Gasteiger partial charge on any atom is -0.490 e. The third-order valence-corrected chi connectivity index (χ3v) is 3.38. The van der Waals surface area contributed by atoms with Crippen molar-refractivity contribution >= 4 is 5.84 Å². The van der Waals surface area contributed by atoms with Crippen LogP contribution in [0, 0.1) is 5.41 Å². The second kappa shape index (κ2) is 5.82. The summed E-state index contributed by atoms with van der Waals surface area (Å²) in [6.07, 6.45) is 5.30. The molecule has 98 valence electrons. The average molecular weight is 248 g/mol. The number of likely N-dealkylation sites (tertiary alicyclic amines) is 1. The van der Waals surface area contributed by atoms with Gasteiger partial charge in [0.05, 0.1) is 0 Å². The maximum atomic E-state index is 7.46. The van der Waals surface area contributed by atoms with Gasteiger partial charge in [0, 0.05) is 12.2 Å². The van der Waals surface area contributed by atoms with Crippen LogP contribution in [0.3, 0.4) is 0 Å². The van der Waals surface area contributed by atoms with Gasteiger partial charge in [0.15, 0.2) is 0 Å². The first-order valence-corrected chi connectivity index (χ1v) is 6.31. The molecule has 0 radical (unpaired) electrons. The van der Waals surface area contributed by atoms with E-state index in [2.05, 4.69) is 16.9 Å². The number of hydrogen-bond acceptors (Lipinski definition) is 4. The largest absolute Gasteiger partial charge is 0.490 e. The van der Waals surface area contributed by atoms with Crippen molar-refractivity contribution in [3.63, 3.8) is 0 Å². The number of piperidine rings is 1. The molecule has 0 aromatic carbocycles. The molecule has 1 aromatic heterocycles. The number of nitrogens with two attached hydrogens (primary N) is 1. The maximum Gasteiger partial charge on any atom is 0.148 e. The zero-order chi connectivity index (χ0) is 13.0. The Balaban J connectivity index is 1.99. The van der Waals surface area contributed by atoms with Gasteiger partial charge in [0.25, 0.3) is 0 Å². The highest BCUT2D eigenvalue weighted by molar-refractivity contribution is 5.95. The van der Waals surface area contributed by atoms with Gasteiger partial charge in [-0.2, -0.15) is 0 Å². The summed E-state index contributed by atoms with van der Waals surface area (Å²) < 4.78 is 5.78. The lowest BCUT2D eigenvalue weighted by atomic mass is 10.0. The van der Waals surface area contributed by atoms with Gasteiger partial charge in [-0.15, -0.1) is 0 Å². The average Bonchev–Trinajstić information content (AvgIpc) is 2.38. The van der Waals surface area contributed by atoms with Crippen LogP contribution < -0.4 is 10.5 Å². The molecule has 3 N–H and O–H groups in total. The van der Waals surface area contributed by atoms with E-state index >= 15 is 0 Å². The molecule has 1 atom stereocenters. The Kier molecular flexibility index (Phi) is 4.15. The minimum absolute atomic E-state index is 0.0531. The number of ether oxygens (including phenoxy) is 1. The van der Waals surface area contributed by atoms with E-state index in [4.69, 9.17) is 15.9 Å². The minimum atomic E-state index is -0.0531. The fourth-order valence-corrected chi connectivity index (χ4v) is 2.25. The summed E-state index contributed by atoms with van der Waals surface area (Å²) in [7, 11) is 2.13. The highest BCUT2D eigenvalue weighted by Crippen LogP contribution is 2.19. The van der Waals surface area contributed by atoms with E-state index in [1.807, 2.05) is 6.07 Å².